The molecule has 134 valence electrons. The first-order chi connectivity index (χ1) is 12.1. The van der Waals surface area contributed by atoms with Gasteiger partial charge in [0.1, 0.15) is 17.3 Å². The van der Waals surface area contributed by atoms with Crippen LogP contribution in [-0.4, -0.2) is 27.2 Å². The maximum Gasteiger partial charge on any atom is 0.191 e. The van der Waals surface area contributed by atoms with Crippen molar-refractivity contribution in [2.45, 2.75) is 13.1 Å². The Hall–Kier alpha value is -2.28. The second-order valence-corrected chi connectivity index (χ2v) is 6.11. The average molecular weight is 410 g/mol. The lowest BCUT2D eigenvalue weighted by atomic mass is 10.2. The summed E-state index contributed by atoms with van der Waals surface area (Å²) < 4.78 is 25.2. The summed E-state index contributed by atoms with van der Waals surface area (Å²) in [6.07, 6.45) is 0. The Labute approximate surface area is 155 Å². The topological polar surface area (TPSA) is 54.9 Å². The fraction of sp³-hybridized carbons (Fsp3) is 0.278. The van der Waals surface area contributed by atoms with Gasteiger partial charge in [-0.1, -0.05) is 15.9 Å². The molecule has 2 N–H and O–H groups in total. The molecule has 0 saturated heterocycles. The maximum absolute atomic E-state index is 13.8. The maximum atomic E-state index is 13.8. The molecule has 0 saturated carbocycles. The average Bonchev–Trinajstić information content (AvgIpc) is 2.64. The summed E-state index contributed by atoms with van der Waals surface area (Å²) in [5.41, 5.74) is 1.51. The van der Waals surface area contributed by atoms with Crippen LogP contribution in [0.2, 0.25) is 0 Å². The molecule has 25 heavy (non-hydrogen) atoms. The molecule has 0 aliphatic rings. The summed E-state index contributed by atoms with van der Waals surface area (Å²) in [7, 11) is 4.89. The number of rotatable bonds is 6. The van der Waals surface area contributed by atoms with Gasteiger partial charge in [-0.05, 0) is 30.3 Å². The molecule has 2 rings (SSSR count). The SMILES string of the molecule is CN=C(NCc1cc(Br)ccc1F)NCc1ccc(OC)cc1OC. The van der Waals surface area contributed by atoms with Crippen LogP contribution in [0.15, 0.2) is 45.9 Å². The highest BCUT2D eigenvalue weighted by molar-refractivity contribution is 9.10. The Kier molecular flexibility index (Phi) is 7.06. The number of halogens is 2. The Morgan fingerprint density at radius 2 is 1.76 bits per heavy atom. The van der Waals surface area contributed by atoms with E-state index in [0.717, 1.165) is 21.5 Å². The fourth-order valence-corrected chi connectivity index (χ4v) is 2.66. The van der Waals surface area contributed by atoms with Gasteiger partial charge in [0.15, 0.2) is 5.96 Å². The first-order valence-corrected chi connectivity index (χ1v) is 8.46. The summed E-state index contributed by atoms with van der Waals surface area (Å²) in [6, 6.07) is 10.5. The first-order valence-electron chi connectivity index (χ1n) is 7.66. The summed E-state index contributed by atoms with van der Waals surface area (Å²) in [5, 5.41) is 6.28. The van der Waals surface area contributed by atoms with E-state index in [-0.39, 0.29) is 5.82 Å². The van der Waals surface area contributed by atoms with Gasteiger partial charge in [0.2, 0.25) is 0 Å². The third kappa shape index (κ3) is 5.35. The predicted octanol–water partition coefficient (Wildman–Crippen LogP) is 3.47. The number of hydrogen-bond donors (Lipinski definition) is 2. The normalized spacial score (nSPS) is 11.2. The highest BCUT2D eigenvalue weighted by Crippen LogP contribution is 2.24. The molecule has 2 aromatic rings. The Balaban J connectivity index is 1.98. The van der Waals surface area contributed by atoms with Gasteiger partial charge in [0, 0.05) is 41.8 Å². The minimum Gasteiger partial charge on any atom is -0.497 e. The van der Waals surface area contributed by atoms with Crippen LogP contribution in [0.4, 0.5) is 4.39 Å². The summed E-state index contributed by atoms with van der Waals surface area (Å²) in [5.74, 6) is 1.76. The molecular weight excluding hydrogens is 389 g/mol. The zero-order valence-electron chi connectivity index (χ0n) is 14.4. The largest absolute Gasteiger partial charge is 0.497 e. The second-order valence-electron chi connectivity index (χ2n) is 5.19. The van der Waals surface area contributed by atoms with Crippen molar-refractivity contribution in [2.24, 2.45) is 4.99 Å². The minimum absolute atomic E-state index is 0.261. The molecule has 0 radical (unpaired) electrons. The molecule has 2 aromatic carbocycles. The van der Waals surface area contributed by atoms with Crippen LogP contribution in [0.5, 0.6) is 11.5 Å². The summed E-state index contributed by atoms with van der Waals surface area (Å²) >= 11 is 3.34. The third-order valence-electron chi connectivity index (χ3n) is 3.62. The molecule has 7 heteroatoms. The van der Waals surface area contributed by atoms with Crippen LogP contribution >= 0.6 is 15.9 Å². The lowest BCUT2D eigenvalue weighted by molar-refractivity contribution is 0.390. The van der Waals surface area contributed by atoms with Crippen molar-refractivity contribution in [3.63, 3.8) is 0 Å². The van der Waals surface area contributed by atoms with Gasteiger partial charge in [-0.3, -0.25) is 4.99 Å². The van der Waals surface area contributed by atoms with Gasteiger partial charge >= 0.3 is 0 Å². The zero-order chi connectivity index (χ0) is 18.2. The van der Waals surface area contributed by atoms with Crippen molar-refractivity contribution < 1.29 is 13.9 Å². The molecule has 0 heterocycles. The number of aliphatic imine (C=N–C) groups is 1. The van der Waals surface area contributed by atoms with E-state index in [1.54, 1.807) is 33.4 Å². The van der Waals surface area contributed by atoms with Crippen molar-refractivity contribution >= 4 is 21.9 Å². The van der Waals surface area contributed by atoms with E-state index in [1.807, 2.05) is 18.2 Å². The highest BCUT2D eigenvalue weighted by atomic mass is 79.9. The van der Waals surface area contributed by atoms with E-state index < -0.39 is 0 Å². The van der Waals surface area contributed by atoms with Crippen molar-refractivity contribution in [1.82, 2.24) is 10.6 Å². The molecule has 0 unspecified atom stereocenters. The number of guanidine groups is 1. The molecule has 0 aliphatic carbocycles. The van der Waals surface area contributed by atoms with E-state index in [1.165, 1.54) is 6.07 Å². The van der Waals surface area contributed by atoms with E-state index in [0.29, 0.717) is 24.6 Å². The molecule has 5 nitrogen and oxygen atoms in total. The molecule has 0 aromatic heterocycles. The van der Waals surface area contributed by atoms with Crippen LogP contribution in [0.25, 0.3) is 0 Å². The summed E-state index contributed by atoms with van der Waals surface area (Å²) in [6.45, 7) is 0.832. The van der Waals surface area contributed by atoms with Crippen molar-refractivity contribution in [3.05, 3.63) is 57.8 Å². The fourth-order valence-electron chi connectivity index (χ4n) is 2.26. The van der Waals surface area contributed by atoms with Crippen LogP contribution < -0.4 is 20.1 Å². The molecule has 0 fully saturated rings. The Bertz CT molecular complexity index is 753. The van der Waals surface area contributed by atoms with E-state index in [4.69, 9.17) is 9.47 Å². The number of nitrogens with zero attached hydrogens (tertiary/aromatic N) is 1. The molecule has 0 atom stereocenters. The standard InChI is InChI=1S/C18H21BrFN3O2/c1-21-18(23-11-13-8-14(19)5-7-16(13)20)22-10-12-4-6-15(24-2)9-17(12)25-3/h4-9H,10-11H2,1-3H3,(H2,21,22,23). The van der Waals surface area contributed by atoms with E-state index in [9.17, 15) is 4.39 Å². The van der Waals surface area contributed by atoms with Gasteiger partial charge in [-0.2, -0.15) is 0 Å². The van der Waals surface area contributed by atoms with Crippen molar-refractivity contribution in [1.29, 1.82) is 0 Å². The number of hydrogen-bond acceptors (Lipinski definition) is 3. The number of benzene rings is 2. The zero-order valence-corrected chi connectivity index (χ0v) is 16.0. The van der Waals surface area contributed by atoms with Crippen LogP contribution in [0.1, 0.15) is 11.1 Å². The molecule has 0 amide bonds. The summed E-state index contributed by atoms with van der Waals surface area (Å²) in [4.78, 5) is 4.15. The van der Waals surface area contributed by atoms with Gasteiger partial charge in [0.25, 0.3) is 0 Å². The third-order valence-corrected chi connectivity index (χ3v) is 4.11. The number of nitrogens with one attached hydrogen (secondary N) is 2. The molecule has 0 spiro atoms. The predicted molar refractivity (Wildman–Crippen MR) is 101 cm³/mol. The van der Waals surface area contributed by atoms with E-state index >= 15 is 0 Å². The van der Waals surface area contributed by atoms with Crippen molar-refractivity contribution in [3.8, 4) is 11.5 Å². The Morgan fingerprint density at radius 3 is 2.40 bits per heavy atom. The monoisotopic (exact) mass is 409 g/mol. The van der Waals surface area contributed by atoms with Crippen LogP contribution in [0, 0.1) is 5.82 Å². The van der Waals surface area contributed by atoms with Crippen LogP contribution in [-0.2, 0) is 13.1 Å². The van der Waals surface area contributed by atoms with Gasteiger partial charge < -0.3 is 20.1 Å². The Morgan fingerprint density at radius 1 is 1.04 bits per heavy atom. The van der Waals surface area contributed by atoms with Gasteiger partial charge in [-0.15, -0.1) is 0 Å². The van der Waals surface area contributed by atoms with E-state index in [2.05, 4.69) is 31.6 Å². The molecular formula is C18H21BrFN3O2. The molecule has 0 aliphatic heterocycles. The smallest absolute Gasteiger partial charge is 0.191 e. The minimum atomic E-state index is -0.261. The van der Waals surface area contributed by atoms with Gasteiger partial charge in [0.05, 0.1) is 14.2 Å². The lowest BCUT2D eigenvalue weighted by Gasteiger charge is -2.15. The highest BCUT2D eigenvalue weighted by Gasteiger charge is 2.07. The number of ether oxygens (including phenoxy) is 2. The first kappa shape index (κ1) is 19.1. The van der Waals surface area contributed by atoms with Gasteiger partial charge in [-0.25, -0.2) is 4.39 Å². The molecule has 0 bridgehead atoms. The quantitative estimate of drug-likeness (QED) is 0.566. The van der Waals surface area contributed by atoms with Crippen LogP contribution in [0.3, 0.4) is 0 Å². The van der Waals surface area contributed by atoms with Crippen molar-refractivity contribution in [2.75, 3.05) is 21.3 Å². The second kappa shape index (κ2) is 9.27. The number of methoxy groups -OCH3 is 2. The lowest BCUT2D eigenvalue weighted by Crippen LogP contribution is -2.36.